The molecule has 1 aliphatic rings. The van der Waals surface area contributed by atoms with Gasteiger partial charge < -0.3 is 9.53 Å². The summed E-state index contributed by atoms with van der Waals surface area (Å²) in [6, 6.07) is 11.0. The summed E-state index contributed by atoms with van der Waals surface area (Å²) in [5, 5.41) is 9.81. The second kappa shape index (κ2) is 10.9. The van der Waals surface area contributed by atoms with Gasteiger partial charge in [0.2, 0.25) is 8.32 Å². The van der Waals surface area contributed by atoms with E-state index in [1.807, 2.05) is 18.2 Å². The fraction of sp³-hybridized carbons (Fsp3) is 0.519. The van der Waals surface area contributed by atoms with E-state index in [2.05, 4.69) is 98.2 Å². The Morgan fingerprint density at radius 3 is 2.54 bits per heavy atom. The minimum absolute atomic E-state index is 0.0595. The Morgan fingerprint density at radius 1 is 1.29 bits per heavy atom. The summed E-state index contributed by atoms with van der Waals surface area (Å²) in [5.74, 6) is -0.0155. The predicted octanol–water partition coefficient (Wildman–Crippen LogP) is 7.26. The van der Waals surface area contributed by atoms with E-state index in [0.29, 0.717) is 15.4 Å². The molecule has 0 radical (unpaired) electrons. The Bertz CT molecular complexity index is 1060. The van der Waals surface area contributed by atoms with Gasteiger partial charge in [0.1, 0.15) is 10.6 Å². The van der Waals surface area contributed by atoms with Gasteiger partial charge in [-0.2, -0.15) is 0 Å². The molecule has 8 heteroatoms. The number of nitrogens with zero attached hydrogens (tertiary/aromatic N) is 2. The number of halogens is 1. The zero-order valence-corrected chi connectivity index (χ0v) is 25.4. The summed E-state index contributed by atoms with van der Waals surface area (Å²) in [5.41, 5.74) is 1.13. The molecule has 192 valence electrons. The molecule has 1 fully saturated rings. The largest absolute Gasteiger partial charge is 0.543 e. The molecule has 3 rings (SSSR count). The Labute approximate surface area is 224 Å². The quantitative estimate of drug-likeness (QED) is 0.264. The summed E-state index contributed by atoms with van der Waals surface area (Å²) in [6.45, 7) is 22.4. The van der Waals surface area contributed by atoms with Gasteiger partial charge in [-0.25, -0.2) is 4.79 Å². The smallest absolute Gasteiger partial charge is 0.347 e. The molecule has 5 nitrogen and oxygen atoms in total. The van der Waals surface area contributed by atoms with Crippen LogP contribution in [0.1, 0.15) is 60.8 Å². The number of piperazine rings is 1. The first-order valence-corrected chi connectivity index (χ1v) is 16.7. The van der Waals surface area contributed by atoms with Gasteiger partial charge in [-0.1, -0.05) is 39.0 Å². The summed E-state index contributed by atoms with van der Waals surface area (Å²) < 4.78 is 7.28. The summed E-state index contributed by atoms with van der Waals surface area (Å²) >= 11 is 4.84. The van der Waals surface area contributed by atoms with Crippen LogP contribution in [0.4, 0.5) is 0 Å². The molecule has 0 saturated carbocycles. The van der Waals surface area contributed by atoms with Gasteiger partial charge in [0, 0.05) is 41.1 Å². The van der Waals surface area contributed by atoms with Crippen LogP contribution in [0.2, 0.25) is 18.1 Å². The third-order valence-electron chi connectivity index (χ3n) is 7.38. The second-order valence-electron chi connectivity index (χ2n) is 11.1. The predicted molar refractivity (Wildman–Crippen MR) is 152 cm³/mol. The molecule has 35 heavy (non-hydrogen) atoms. The molecule has 1 saturated heterocycles. The monoisotopic (exact) mass is 578 g/mol. The molecule has 0 amide bonds. The van der Waals surface area contributed by atoms with Crippen LogP contribution in [0.5, 0.6) is 5.75 Å². The number of carbonyl (C=O) groups is 1. The van der Waals surface area contributed by atoms with Crippen molar-refractivity contribution in [3.05, 3.63) is 62.8 Å². The number of hydrogen-bond donors (Lipinski definition) is 1. The number of carboxylic acid groups (broad SMARTS) is 1. The Morgan fingerprint density at radius 2 is 1.97 bits per heavy atom. The van der Waals surface area contributed by atoms with Gasteiger partial charge in [0.05, 0.1) is 6.04 Å². The Hall–Kier alpha value is -1.45. The van der Waals surface area contributed by atoms with Crippen LogP contribution in [0.25, 0.3) is 0 Å². The second-order valence-corrected chi connectivity index (χ2v) is 17.8. The fourth-order valence-corrected chi connectivity index (χ4v) is 7.26. The molecule has 2 heterocycles. The van der Waals surface area contributed by atoms with E-state index in [9.17, 15) is 9.90 Å². The highest BCUT2D eigenvalue weighted by Gasteiger charge is 2.40. The van der Waals surface area contributed by atoms with Gasteiger partial charge in [0.15, 0.2) is 0 Å². The number of hydrogen-bond acceptors (Lipinski definition) is 5. The van der Waals surface area contributed by atoms with Crippen molar-refractivity contribution in [1.29, 1.82) is 0 Å². The van der Waals surface area contributed by atoms with Crippen LogP contribution in [-0.2, 0) is 0 Å². The lowest BCUT2D eigenvalue weighted by molar-refractivity contribution is 0.0315. The van der Waals surface area contributed by atoms with Crippen molar-refractivity contribution in [3.8, 4) is 5.75 Å². The first-order valence-electron chi connectivity index (χ1n) is 12.2. The summed E-state index contributed by atoms with van der Waals surface area (Å²) in [4.78, 5) is 18.2. The van der Waals surface area contributed by atoms with Crippen molar-refractivity contribution < 1.29 is 14.3 Å². The molecular weight excluding hydrogens is 540 g/mol. The van der Waals surface area contributed by atoms with Crippen molar-refractivity contribution in [3.63, 3.8) is 0 Å². The lowest BCUT2D eigenvalue weighted by atomic mass is 9.98. The number of benzene rings is 1. The van der Waals surface area contributed by atoms with Crippen LogP contribution < -0.4 is 4.43 Å². The maximum Gasteiger partial charge on any atom is 0.347 e. The third-order valence-corrected chi connectivity index (χ3v) is 13.8. The average Bonchev–Trinajstić information content (AvgIpc) is 3.12. The zero-order valence-electron chi connectivity index (χ0n) is 22.0. The first kappa shape index (κ1) is 28.1. The van der Waals surface area contributed by atoms with Gasteiger partial charge in [0.25, 0.3) is 0 Å². The highest BCUT2D eigenvalue weighted by molar-refractivity contribution is 9.10. The maximum atomic E-state index is 11.8. The Balaban J connectivity index is 2.06. The topological polar surface area (TPSA) is 53.0 Å². The van der Waals surface area contributed by atoms with Crippen LogP contribution in [0.15, 0.2) is 47.5 Å². The van der Waals surface area contributed by atoms with E-state index in [-0.39, 0.29) is 17.1 Å². The van der Waals surface area contributed by atoms with Crippen molar-refractivity contribution >= 4 is 41.6 Å². The van der Waals surface area contributed by atoms with Crippen molar-refractivity contribution in [2.75, 3.05) is 19.6 Å². The third kappa shape index (κ3) is 6.28. The van der Waals surface area contributed by atoms with Gasteiger partial charge in [-0.3, -0.25) is 9.80 Å². The zero-order chi connectivity index (χ0) is 26.1. The van der Waals surface area contributed by atoms with Crippen molar-refractivity contribution in [2.45, 2.75) is 70.9 Å². The number of carboxylic acids is 1. The summed E-state index contributed by atoms with van der Waals surface area (Å²) in [6.07, 6.45) is 1.97. The molecule has 2 aromatic rings. The van der Waals surface area contributed by atoms with E-state index in [4.69, 9.17) is 4.43 Å². The number of thiophene rings is 1. The van der Waals surface area contributed by atoms with Crippen molar-refractivity contribution in [2.24, 2.45) is 0 Å². The van der Waals surface area contributed by atoms with E-state index in [1.165, 1.54) is 11.3 Å². The van der Waals surface area contributed by atoms with E-state index < -0.39 is 14.3 Å². The maximum absolute atomic E-state index is 11.8. The van der Waals surface area contributed by atoms with E-state index in [1.54, 1.807) is 0 Å². The standard InChI is InChI=1S/C27H39BrN2O3SSi/c1-9-13-29-16-19(3)30(17-18(29)2)24(23-15-22(28)25(34-23)26(31)32)20-11-10-12-21(14-20)33-35(7,8)27(4,5)6/h9-12,14-15,18-19,24H,1,13,16-17H2,2-8H3,(H,31,32)/t18-,19+,24-/m1/s1. The van der Waals surface area contributed by atoms with Gasteiger partial charge in [-0.05, 0) is 71.7 Å². The minimum atomic E-state index is -2.00. The van der Waals surface area contributed by atoms with E-state index >= 15 is 0 Å². The molecule has 0 bridgehead atoms. The van der Waals surface area contributed by atoms with Gasteiger partial charge in [-0.15, -0.1) is 17.9 Å². The molecule has 1 aromatic carbocycles. The first-order chi connectivity index (χ1) is 16.2. The Kier molecular flexibility index (Phi) is 8.75. The van der Waals surface area contributed by atoms with Crippen LogP contribution in [0, 0.1) is 0 Å². The van der Waals surface area contributed by atoms with Crippen LogP contribution >= 0.6 is 27.3 Å². The number of aromatic carboxylic acids is 1. The van der Waals surface area contributed by atoms with Crippen molar-refractivity contribution in [1.82, 2.24) is 9.80 Å². The molecule has 0 spiro atoms. The van der Waals surface area contributed by atoms with E-state index in [0.717, 1.165) is 35.8 Å². The normalized spacial score (nSPS) is 21.0. The molecule has 1 N–H and O–H groups in total. The van der Waals surface area contributed by atoms with Crippen LogP contribution in [0.3, 0.4) is 0 Å². The highest BCUT2D eigenvalue weighted by Crippen LogP contribution is 2.42. The highest BCUT2D eigenvalue weighted by atomic mass is 79.9. The lowest BCUT2D eigenvalue weighted by Gasteiger charge is -2.47. The minimum Gasteiger partial charge on any atom is -0.543 e. The van der Waals surface area contributed by atoms with Crippen LogP contribution in [-0.4, -0.2) is 60.9 Å². The molecule has 0 aliphatic carbocycles. The SMILES string of the molecule is C=CCN1C[C@H](C)N([C@H](c2cccc(O[Si](C)(C)C(C)(C)C)c2)c2cc(Br)c(C(=O)O)s2)C[C@H]1C. The average molecular weight is 580 g/mol. The molecule has 1 aliphatic heterocycles. The number of rotatable bonds is 8. The lowest BCUT2D eigenvalue weighted by Crippen LogP contribution is -2.57. The molecule has 0 unspecified atom stereocenters. The molecule has 1 aromatic heterocycles. The fourth-order valence-electron chi connectivity index (χ4n) is 4.39. The summed E-state index contributed by atoms with van der Waals surface area (Å²) in [7, 11) is -2.00. The van der Waals surface area contributed by atoms with Gasteiger partial charge >= 0.3 is 5.97 Å². The molecular formula is C27H39BrN2O3SSi. The molecule has 3 atom stereocenters.